The average Bonchev–Trinajstić information content (AvgIpc) is 2.98. The number of hydrogen-bond acceptors (Lipinski definition) is 4. The van der Waals surface area contributed by atoms with E-state index in [1.807, 2.05) is 0 Å². The molecular formula is C13H24N2O4S. The van der Waals surface area contributed by atoms with E-state index in [9.17, 15) is 13.2 Å². The summed E-state index contributed by atoms with van der Waals surface area (Å²) in [5, 5.41) is 0. The van der Waals surface area contributed by atoms with E-state index in [-0.39, 0.29) is 17.8 Å². The highest BCUT2D eigenvalue weighted by Gasteiger charge is 2.28. The van der Waals surface area contributed by atoms with E-state index < -0.39 is 10.0 Å². The van der Waals surface area contributed by atoms with Crippen LogP contribution < -0.4 is 0 Å². The number of ether oxygens (including phenoxy) is 1. The highest BCUT2D eigenvalue weighted by Crippen LogP contribution is 2.18. The van der Waals surface area contributed by atoms with Gasteiger partial charge >= 0.3 is 0 Å². The second-order valence-corrected chi connectivity index (χ2v) is 7.61. The lowest BCUT2D eigenvalue weighted by Crippen LogP contribution is -2.50. The van der Waals surface area contributed by atoms with Crippen molar-refractivity contribution in [3.8, 4) is 0 Å². The zero-order valence-corrected chi connectivity index (χ0v) is 12.9. The molecule has 2 saturated heterocycles. The van der Waals surface area contributed by atoms with Gasteiger partial charge in [0.15, 0.2) is 0 Å². The maximum absolute atomic E-state index is 12.1. The molecule has 0 aromatic heterocycles. The molecular weight excluding hydrogens is 280 g/mol. The van der Waals surface area contributed by atoms with Crippen LogP contribution in [0.2, 0.25) is 0 Å². The highest BCUT2D eigenvalue weighted by atomic mass is 32.2. The van der Waals surface area contributed by atoms with Crippen LogP contribution in [-0.4, -0.2) is 68.2 Å². The number of carbonyl (C=O) groups is 1. The summed E-state index contributed by atoms with van der Waals surface area (Å²) in [7, 11) is -3.12. The second-order valence-electron chi connectivity index (χ2n) is 5.35. The second kappa shape index (κ2) is 6.87. The van der Waals surface area contributed by atoms with Crippen LogP contribution in [0.3, 0.4) is 0 Å². The molecule has 6 nitrogen and oxygen atoms in total. The van der Waals surface area contributed by atoms with Crippen molar-refractivity contribution in [2.45, 2.75) is 38.7 Å². The van der Waals surface area contributed by atoms with Crippen molar-refractivity contribution in [1.82, 2.24) is 9.21 Å². The fourth-order valence-corrected chi connectivity index (χ4v) is 3.80. The van der Waals surface area contributed by atoms with Crippen molar-refractivity contribution in [2.75, 3.05) is 38.5 Å². The molecule has 0 spiro atoms. The lowest BCUT2D eigenvalue weighted by Gasteiger charge is -2.34. The number of piperazine rings is 1. The van der Waals surface area contributed by atoms with Crippen LogP contribution in [-0.2, 0) is 19.6 Å². The fraction of sp³-hybridized carbons (Fsp3) is 0.923. The Balaban J connectivity index is 1.74. The molecule has 116 valence electrons. The first kappa shape index (κ1) is 15.7. The monoisotopic (exact) mass is 304 g/mol. The summed E-state index contributed by atoms with van der Waals surface area (Å²) in [6.45, 7) is 4.30. The maximum Gasteiger partial charge on any atom is 0.222 e. The summed E-state index contributed by atoms with van der Waals surface area (Å²) in [6, 6.07) is 0. The Hall–Kier alpha value is -0.660. The quantitative estimate of drug-likeness (QED) is 0.739. The molecule has 0 saturated carbocycles. The van der Waals surface area contributed by atoms with Gasteiger partial charge in [-0.1, -0.05) is 0 Å². The molecule has 1 atom stereocenters. The first-order valence-electron chi connectivity index (χ1n) is 7.40. The number of rotatable bonds is 5. The fourth-order valence-electron chi connectivity index (χ4n) is 2.71. The summed E-state index contributed by atoms with van der Waals surface area (Å²) < 4.78 is 30.5. The van der Waals surface area contributed by atoms with Gasteiger partial charge in [0.05, 0.1) is 11.9 Å². The van der Waals surface area contributed by atoms with Crippen molar-refractivity contribution in [1.29, 1.82) is 0 Å². The largest absolute Gasteiger partial charge is 0.378 e. The molecule has 2 aliphatic rings. The molecule has 0 aromatic carbocycles. The Morgan fingerprint density at radius 2 is 1.95 bits per heavy atom. The van der Waals surface area contributed by atoms with Crippen molar-refractivity contribution in [3.05, 3.63) is 0 Å². The van der Waals surface area contributed by atoms with Gasteiger partial charge in [0.2, 0.25) is 15.9 Å². The lowest BCUT2D eigenvalue weighted by molar-refractivity contribution is -0.133. The van der Waals surface area contributed by atoms with Crippen molar-refractivity contribution in [2.24, 2.45) is 0 Å². The molecule has 0 radical (unpaired) electrons. The van der Waals surface area contributed by atoms with Crippen LogP contribution in [0, 0.1) is 0 Å². The Labute approximate surface area is 121 Å². The van der Waals surface area contributed by atoms with Gasteiger partial charge in [-0.25, -0.2) is 8.42 Å². The number of carbonyl (C=O) groups excluding carboxylic acids is 1. The molecule has 2 fully saturated rings. The highest BCUT2D eigenvalue weighted by molar-refractivity contribution is 7.89. The molecule has 0 aliphatic carbocycles. The van der Waals surface area contributed by atoms with Gasteiger partial charge in [0.1, 0.15) is 0 Å². The van der Waals surface area contributed by atoms with E-state index in [4.69, 9.17) is 4.74 Å². The summed E-state index contributed by atoms with van der Waals surface area (Å²) in [5.41, 5.74) is 0. The molecule has 0 aromatic rings. The standard InChI is InChI=1S/C13H24N2O4S/c1-2-20(17,18)15-9-7-14(8-10-15)13(16)6-5-12-4-3-11-19-12/h12H,2-11H2,1H3. The van der Waals surface area contributed by atoms with Crippen molar-refractivity contribution < 1.29 is 17.9 Å². The van der Waals surface area contributed by atoms with Gasteiger partial charge in [0, 0.05) is 39.2 Å². The van der Waals surface area contributed by atoms with Crippen molar-refractivity contribution >= 4 is 15.9 Å². The van der Waals surface area contributed by atoms with Gasteiger partial charge in [0.25, 0.3) is 0 Å². The number of amides is 1. The minimum absolute atomic E-state index is 0.119. The van der Waals surface area contributed by atoms with Gasteiger partial charge in [-0.15, -0.1) is 0 Å². The third-order valence-corrected chi connectivity index (χ3v) is 5.94. The van der Waals surface area contributed by atoms with Crippen molar-refractivity contribution in [3.63, 3.8) is 0 Å². The molecule has 1 unspecified atom stereocenters. The van der Waals surface area contributed by atoms with Gasteiger partial charge < -0.3 is 9.64 Å². The third-order valence-electron chi connectivity index (χ3n) is 4.05. The molecule has 2 heterocycles. The van der Waals surface area contributed by atoms with Crippen LogP contribution in [0.1, 0.15) is 32.6 Å². The molecule has 0 bridgehead atoms. The zero-order chi connectivity index (χ0) is 14.6. The van der Waals surface area contributed by atoms with Crippen LogP contribution in [0.25, 0.3) is 0 Å². The zero-order valence-electron chi connectivity index (χ0n) is 12.1. The Kier molecular flexibility index (Phi) is 5.40. The van der Waals surface area contributed by atoms with Gasteiger partial charge in [-0.2, -0.15) is 4.31 Å². The van der Waals surface area contributed by atoms with Gasteiger partial charge in [-0.3, -0.25) is 4.79 Å². The molecule has 2 aliphatic heterocycles. The van der Waals surface area contributed by atoms with Crippen LogP contribution >= 0.6 is 0 Å². The first-order chi connectivity index (χ1) is 9.53. The van der Waals surface area contributed by atoms with E-state index in [1.54, 1.807) is 11.8 Å². The Morgan fingerprint density at radius 1 is 1.25 bits per heavy atom. The molecule has 7 heteroatoms. The topological polar surface area (TPSA) is 66.9 Å². The molecule has 0 N–H and O–H groups in total. The third kappa shape index (κ3) is 3.93. The van der Waals surface area contributed by atoms with E-state index in [0.717, 1.165) is 25.9 Å². The Bertz CT molecular complexity index is 424. The molecule has 1 amide bonds. The summed E-state index contributed by atoms with van der Waals surface area (Å²) in [6.07, 6.45) is 3.67. The predicted molar refractivity (Wildman–Crippen MR) is 75.8 cm³/mol. The average molecular weight is 304 g/mol. The number of sulfonamides is 1. The van der Waals surface area contributed by atoms with E-state index in [2.05, 4.69) is 0 Å². The van der Waals surface area contributed by atoms with Crippen LogP contribution in [0.4, 0.5) is 0 Å². The predicted octanol–water partition coefficient (Wildman–Crippen LogP) is 0.440. The minimum Gasteiger partial charge on any atom is -0.378 e. The van der Waals surface area contributed by atoms with Gasteiger partial charge in [-0.05, 0) is 26.2 Å². The summed E-state index contributed by atoms with van der Waals surface area (Å²) in [5.74, 6) is 0.244. The SMILES string of the molecule is CCS(=O)(=O)N1CCN(C(=O)CCC2CCCO2)CC1. The summed E-state index contributed by atoms with van der Waals surface area (Å²) in [4.78, 5) is 13.9. The lowest BCUT2D eigenvalue weighted by atomic mass is 10.1. The van der Waals surface area contributed by atoms with E-state index in [1.165, 1.54) is 4.31 Å². The van der Waals surface area contributed by atoms with E-state index >= 15 is 0 Å². The van der Waals surface area contributed by atoms with Crippen LogP contribution in [0.5, 0.6) is 0 Å². The first-order valence-corrected chi connectivity index (χ1v) is 9.01. The molecule has 20 heavy (non-hydrogen) atoms. The summed E-state index contributed by atoms with van der Waals surface area (Å²) >= 11 is 0. The van der Waals surface area contributed by atoms with Crippen LogP contribution in [0.15, 0.2) is 0 Å². The smallest absolute Gasteiger partial charge is 0.222 e. The normalized spacial score (nSPS) is 25.1. The molecule has 2 rings (SSSR count). The minimum atomic E-state index is -3.12. The maximum atomic E-state index is 12.1. The van der Waals surface area contributed by atoms with E-state index in [0.29, 0.717) is 32.6 Å². The number of nitrogens with zero attached hydrogens (tertiary/aromatic N) is 2. The Morgan fingerprint density at radius 3 is 2.50 bits per heavy atom. The number of hydrogen-bond donors (Lipinski definition) is 0.